The van der Waals surface area contributed by atoms with Crippen molar-refractivity contribution in [2.24, 2.45) is 5.41 Å². The quantitative estimate of drug-likeness (QED) is 0.926. The Hall–Kier alpha value is -1.39. The van der Waals surface area contributed by atoms with E-state index in [9.17, 15) is 9.90 Å². The third-order valence-corrected chi connectivity index (χ3v) is 5.12. The van der Waals surface area contributed by atoms with Crippen LogP contribution in [0.1, 0.15) is 57.3 Å². The molecule has 1 saturated heterocycles. The van der Waals surface area contributed by atoms with Crippen molar-refractivity contribution in [3.8, 4) is 0 Å². The normalized spacial score (nSPS) is 20.1. The van der Waals surface area contributed by atoms with E-state index >= 15 is 0 Å². The Bertz CT molecular complexity index is 600. The molecule has 1 aromatic rings. The van der Waals surface area contributed by atoms with Crippen LogP contribution in [0.5, 0.6) is 0 Å². The van der Waals surface area contributed by atoms with Crippen LogP contribution in [0.4, 0.5) is 5.69 Å². The summed E-state index contributed by atoms with van der Waals surface area (Å²) in [5.41, 5.74) is 2.82. The van der Waals surface area contributed by atoms with Crippen molar-refractivity contribution >= 4 is 11.6 Å². The summed E-state index contributed by atoms with van der Waals surface area (Å²) in [7, 11) is 0. The zero-order valence-electron chi connectivity index (χ0n) is 15.2. The molecule has 1 aromatic carbocycles. The van der Waals surface area contributed by atoms with Crippen LogP contribution < -0.4 is 4.90 Å². The number of β-amino-alcohol motifs (C(OH)–C–C–N with tert-alkyl or cyclic N) is 1. The lowest BCUT2D eigenvalue weighted by atomic mass is 9.91. The van der Waals surface area contributed by atoms with E-state index in [1.165, 1.54) is 18.4 Å². The molecule has 0 aromatic heterocycles. The number of aliphatic hydroxyl groups is 1. The monoisotopic (exact) mass is 330 g/mol. The van der Waals surface area contributed by atoms with Crippen molar-refractivity contribution in [1.82, 2.24) is 4.90 Å². The Morgan fingerprint density at radius 3 is 2.54 bits per heavy atom. The van der Waals surface area contributed by atoms with Crippen molar-refractivity contribution in [3.05, 3.63) is 29.3 Å². The highest BCUT2D eigenvalue weighted by Crippen LogP contribution is 2.33. The smallest absolute Gasteiger partial charge is 0.232 e. The number of nitrogens with zero attached hydrogens (tertiary/aromatic N) is 2. The molecule has 24 heavy (non-hydrogen) atoms. The summed E-state index contributed by atoms with van der Waals surface area (Å²) in [6, 6.07) is 6.13. The zero-order chi connectivity index (χ0) is 17.3. The summed E-state index contributed by atoms with van der Waals surface area (Å²) in [6.45, 7) is 9.60. The third-order valence-electron chi connectivity index (χ3n) is 5.12. The maximum Gasteiger partial charge on any atom is 0.232 e. The van der Waals surface area contributed by atoms with E-state index < -0.39 is 6.10 Å². The molecule has 2 heterocycles. The summed E-state index contributed by atoms with van der Waals surface area (Å²) >= 11 is 0. The molecule has 3 rings (SSSR count). The number of rotatable bonds is 3. The third kappa shape index (κ3) is 3.65. The van der Waals surface area contributed by atoms with Crippen LogP contribution in [0, 0.1) is 5.41 Å². The molecule has 1 fully saturated rings. The first-order valence-corrected chi connectivity index (χ1v) is 9.21. The van der Waals surface area contributed by atoms with Crippen molar-refractivity contribution in [2.75, 3.05) is 31.1 Å². The van der Waals surface area contributed by atoms with Gasteiger partial charge in [0.2, 0.25) is 5.91 Å². The van der Waals surface area contributed by atoms with E-state index in [1.54, 1.807) is 0 Å². The molecular weight excluding hydrogens is 300 g/mol. The molecule has 0 saturated carbocycles. The second-order valence-electron chi connectivity index (χ2n) is 8.22. The molecule has 4 heteroatoms. The number of anilines is 1. The first kappa shape index (κ1) is 17.4. The lowest BCUT2D eigenvalue weighted by molar-refractivity contribution is -0.125. The first-order chi connectivity index (χ1) is 11.4. The Morgan fingerprint density at radius 2 is 1.88 bits per heavy atom. The van der Waals surface area contributed by atoms with Gasteiger partial charge in [-0.15, -0.1) is 0 Å². The Balaban J connectivity index is 1.78. The molecule has 2 aliphatic heterocycles. The predicted octanol–water partition coefficient (Wildman–Crippen LogP) is 3.14. The highest BCUT2D eigenvalue weighted by atomic mass is 16.3. The second kappa shape index (κ2) is 6.85. The van der Waals surface area contributed by atoms with Crippen LogP contribution in [-0.2, 0) is 11.2 Å². The maximum absolute atomic E-state index is 12.7. The molecule has 1 N–H and O–H groups in total. The highest BCUT2D eigenvalue weighted by molar-refractivity contribution is 5.98. The molecule has 1 unspecified atom stereocenters. The van der Waals surface area contributed by atoms with Crippen LogP contribution >= 0.6 is 0 Å². The number of benzene rings is 1. The van der Waals surface area contributed by atoms with Gasteiger partial charge in [0.15, 0.2) is 0 Å². The molecule has 1 amide bonds. The summed E-state index contributed by atoms with van der Waals surface area (Å²) in [5, 5.41) is 10.6. The number of carbonyl (C=O) groups is 1. The van der Waals surface area contributed by atoms with Gasteiger partial charge in [-0.05, 0) is 56.0 Å². The standard InChI is InChI=1S/C20H30N2O2/c1-20(2,3)19(24)22-12-6-7-15-13-16(8-9-17(15)22)18(23)14-21-10-4-5-11-21/h8-9,13,18,23H,4-7,10-12,14H2,1-3H3. The summed E-state index contributed by atoms with van der Waals surface area (Å²) in [6.07, 6.45) is 4.00. The van der Waals surface area contributed by atoms with Crippen LogP contribution in [-0.4, -0.2) is 42.1 Å². The van der Waals surface area contributed by atoms with E-state index in [0.717, 1.165) is 43.7 Å². The number of carbonyl (C=O) groups excluding carboxylic acids is 1. The number of amides is 1. The lowest BCUT2D eigenvalue weighted by Crippen LogP contribution is -2.42. The summed E-state index contributed by atoms with van der Waals surface area (Å²) < 4.78 is 0. The van der Waals surface area contributed by atoms with Crippen LogP contribution in [0.25, 0.3) is 0 Å². The number of fused-ring (bicyclic) bond motifs is 1. The Morgan fingerprint density at radius 1 is 1.17 bits per heavy atom. The SMILES string of the molecule is CC(C)(C)C(=O)N1CCCc2cc(C(O)CN3CCCC3)ccc21. The molecule has 0 bridgehead atoms. The zero-order valence-corrected chi connectivity index (χ0v) is 15.2. The van der Waals surface area contributed by atoms with Gasteiger partial charge in [0.25, 0.3) is 0 Å². The second-order valence-corrected chi connectivity index (χ2v) is 8.22. The minimum Gasteiger partial charge on any atom is -0.387 e. The van der Waals surface area contributed by atoms with Gasteiger partial charge in [0.1, 0.15) is 0 Å². The number of aryl methyl sites for hydroxylation is 1. The topological polar surface area (TPSA) is 43.8 Å². The van der Waals surface area contributed by atoms with Crippen molar-refractivity contribution in [3.63, 3.8) is 0 Å². The fourth-order valence-corrected chi connectivity index (χ4v) is 3.76. The predicted molar refractivity (Wildman–Crippen MR) is 97.2 cm³/mol. The minimum atomic E-state index is -0.443. The van der Waals surface area contributed by atoms with Crippen LogP contribution in [0.3, 0.4) is 0 Å². The largest absolute Gasteiger partial charge is 0.387 e. The lowest BCUT2D eigenvalue weighted by Gasteiger charge is -2.34. The molecule has 0 aliphatic carbocycles. The highest BCUT2D eigenvalue weighted by Gasteiger charge is 2.31. The van der Waals surface area contributed by atoms with Crippen LogP contribution in [0.2, 0.25) is 0 Å². The number of hydrogen-bond donors (Lipinski definition) is 1. The van der Waals surface area contributed by atoms with E-state index in [4.69, 9.17) is 0 Å². The van der Waals surface area contributed by atoms with Gasteiger partial charge in [-0.2, -0.15) is 0 Å². The number of aliphatic hydroxyl groups excluding tert-OH is 1. The van der Waals surface area contributed by atoms with E-state index in [2.05, 4.69) is 11.0 Å². The van der Waals surface area contributed by atoms with Gasteiger partial charge >= 0.3 is 0 Å². The van der Waals surface area contributed by atoms with Gasteiger partial charge in [-0.3, -0.25) is 4.79 Å². The molecule has 2 aliphatic rings. The number of likely N-dealkylation sites (tertiary alicyclic amines) is 1. The van der Waals surface area contributed by atoms with Gasteiger partial charge in [0.05, 0.1) is 6.10 Å². The van der Waals surface area contributed by atoms with Gasteiger partial charge in [-0.25, -0.2) is 0 Å². The average molecular weight is 330 g/mol. The van der Waals surface area contributed by atoms with E-state index in [1.807, 2.05) is 37.8 Å². The molecule has 0 spiro atoms. The molecule has 132 valence electrons. The Kier molecular flexibility index (Phi) is 4.97. The first-order valence-electron chi connectivity index (χ1n) is 9.21. The van der Waals surface area contributed by atoms with Crippen molar-refractivity contribution in [1.29, 1.82) is 0 Å². The van der Waals surface area contributed by atoms with Crippen LogP contribution in [0.15, 0.2) is 18.2 Å². The van der Waals surface area contributed by atoms with Gasteiger partial charge in [-0.1, -0.05) is 32.9 Å². The Labute approximate surface area is 145 Å². The minimum absolute atomic E-state index is 0.175. The molecular formula is C20H30N2O2. The maximum atomic E-state index is 12.7. The summed E-state index contributed by atoms with van der Waals surface area (Å²) in [4.78, 5) is 17.0. The fraction of sp³-hybridized carbons (Fsp3) is 0.650. The molecule has 1 atom stereocenters. The average Bonchev–Trinajstić information content (AvgIpc) is 3.05. The fourth-order valence-electron chi connectivity index (χ4n) is 3.76. The van der Waals surface area contributed by atoms with E-state index in [0.29, 0.717) is 6.54 Å². The number of hydrogen-bond acceptors (Lipinski definition) is 3. The van der Waals surface area contributed by atoms with Crippen molar-refractivity contribution in [2.45, 2.75) is 52.6 Å². The van der Waals surface area contributed by atoms with Gasteiger partial charge < -0.3 is 14.9 Å². The molecule has 0 radical (unpaired) electrons. The summed E-state index contributed by atoms with van der Waals surface area (Å²) in [5.74, 6) is 0.175. The molecule has 4 nitrogen and oxygen atoms in total. The van der Waals surface area contributed by atoms with E-state index in [-0.39, 0.29) is 11.3 Å². The van der Waals surface area contributed by atoms with Gasteiger partial charge in [0, 0.05) is 24.2 Å². The van der Waals surface area contributed by atoms with Crippen molar-refractivity contribution < 1.29 is 9.90 Å².